The Morgan fingerprint density at radius 2 is 2.11 bits per heavy atom. The van der Waals surface area contributed by atoms with Gasteiger partial charge >= 0.3 is 5.97 Å². The van der Waals surface area contributed by atoms with Gasteiger partial charge in [-0.3, -0.25) is 9.79 Å². The van der Waals surface area contributed by atoms with Crippen LogP contribution >= 0.6 is 0 Å². The molecule has 0 spiro atoms. The lowest BCUT2D eigenvalue weighted by atomic mass is 10.0. The van der Waals surface area contributed by atoms with E-state index in [1.54, 1.807) is 25.3 Å². The predicted molar refractivity (Wildman–Crippen MR) is 97.1 cm³/mol. The lowest BCUT2D eigenvalue weighted by Gasteiger charge is -2.26. The van der Waals surface area contributed by atoms with Gasteiger partial charge in [-0.2, -0.15) is 0 Å². The largest absolute Gasteiger partial charge is 0.466 e. The second kappa shape index (κ2) is 8.44. The minimum Gasteiger partial charge on any atom is -0.466 e. The van der Waals surface area contributed by atoms with Crippen molar-refractivity contribution in [3.63, 3.8) is 0 Å². The number of rotatable bonds is 4. The Kier molecular flexibility index (Phi) is 5.80. The zero-order valence-electron chi connectivity index (χ0n) is 14.9. The molecule has 1 aromatic rings. The Morgan fingerprint density at radius 1 is 1.33 bits per heavy atom. The monoisotopic (exact) mass is 370 g/mol. The molecule has 0 N–H and O–H groups in total. The average Bonchev–Trinajstić information content (AvgIpc) is 2.68. The van der Waals surface area contributed by atoms with E-state index in [-0.39, 0.29) is 31.1 Å². The van der Waals surface area contributed by atoms with Gasteiger partial charge in [-0.25, -0.2) is 9.18 Å². The third-order valence-electron chi connectivity index (χ3n) is 4.07. The molecular formula is C20H19FN2O4. The van der Waals surface area contributed by atoms with Crippen molar-refractivity contribution >= 4 is 18.1 Å². The molecule has 0 saturated heterocycles. The van der Waals surface area contributed by atoms with Gasteiger partial charge in [0.25, 0.3) is 5.91 Å². The van der Waals surface area contributed by atoms with E-state index in [1.165, 1.54) is 35.6 Å². The SMILES string of the molecule is CCOC(=O)/C1=C/CN=C/C(Cc2ccc(F)cc2)=C2\CN(C=CO2)C1=O. The van der Waals surface area contributed by atoms with Crippen LogP contribution in [0.5, 0.6) is 0 Å². The zero-order valence-corrected chi connectivity index (χ0v) is 14.9. The van der Waals surface area contributed by atoms with E-state index in [4.69, 9.17) is 9.47 Å². The molecule has 140 valence electrons. The quantitative estimate of drug-likeness (QED) is 0.603. The molecule has 6 nitrogen and oxygen atoms in total. The molecule has 0 aliphatic carbocycles. The molecule has 2 aliphatic heterocycles. The number of esters is 1. The molecule has 1 amide bonds. The van der Waals surface area contributed by atoms with Gasteiger partial charge in [-0.1, -0.05) is 12.1 Å². The van der Waals surface area contributed by atoms with E-state index >= 15 is 0 Å². The molecule has 0 aromatic heterocycles. The Hall–Kier alpha value is -3.22. The van der Waals surface area contributed by atoms with Gasteiger partial charge in [-0.15, -0.1) is 0 Å². The maximum Gasteiger partial charge on any atom is 0.343 e. The second-order valence-corrected chi connectivity index (χ2v) is 5.92. The fourth-order valence-corrected chi connectivity index (χ4v) is 2.71. The standard InChI is InChI=1S/C20H19FN2O4/c1-2-26-20(25)17-7-8-22-12-15(11-14-3-5-16(21)6-4-14)18-13-23(19(17)24)9-10-27-18/h3-7,9-10,12H,2,8,11,13H2,1H3/b17-7+,18-15+,22-12?. The topological polar surface area (TPSA) is 68.2 Å². The van der Waals surface area contributed by atoms with Gasteiger partial charge in [0.05, 0.1) is 19.7 Å². The third kappa shape index (κ3) is 4.49. The van der Waals surface area contributed by atoms with Gasteiger partial charge in [-0.05, 0) is 30.7 Å². The number of amides is 1. The highest BCUT2D eigenvalue weighted by Gasteiger charge is 2.27. The number of nitrogens with zero attached hydrogens (tertiary/aromatic N) is 2. The van der Waals surface area contributed by atoms with Crippen molar-refractivity contribution in [2.45, 2.75) is 13.3 Å². The Bertz CT molecular complexity index is 853. The van der Waals surface area contributed by atoms with E-state index in [0.717, 1.165) is 11.1 Å². The van der Waals surface area contributed by atoms with Crippen LogP contribution in [0.3, 0.4) is 0 Å². The normalized spacial score (nSPS) is 21.3. The van der Waals surface area contributed by atoms with Crippen LogP contribution in [-0.4, -0.2) is 42.7 Å². The third-order valence-corrected chi connectivity index (χ3v) is 4.07. The summed E-state index contributed by atoms with van der Waals surface area (Å²) >= 11 is 0. The van der Waals surface area contributed by atoms with Crippen LogP contribution in [0.4, 0.5) is 4.39 Å². The van der Waals surface area contributed by atoms with E-state index in [9.17, 15) is 14.0 Å². The molecule has 0 atom stereocenters. The van der Waals surface area contributed by atoms with Crippen molar-refractivity contribution in [3.8, 4) is 0 Å². The molecule has 2 heterocycles. The fourth-order valence-electron chi connectivity index (χ4n) is 2.71. The number of allylic oxidation sites excluding steroid dienone is 1. The maximum absolute atomic E-state index is 13.1. The average molecular weight is 370 g/mol. The lowest BCUT2D eigenvalue weighted by molar-refractivity contribution is -0.141. The van der Waals surface area contributed by atoms with Crippen molar-refractivity contribution in [2.75, 3.05) is 19.7 Å². The first-order valence-electron chi connectivity index (χ1n) is 8.56. The molecule has 2 aliphatic rings. The molecule has 27 heavy (non-hydrogen) atoms. The van der Waals surface area contributed by atoms with Crippen LogP contribution in [0.1, 0.15) is 12.5 Å². The van der Waals surface area contributed by atoms with Gasteiger partial charge in [0, 0.05) is 24.4 Å². The molecule has 7 heteroatoms. The van der Waals surface area contributed by atoms with Crippen LogP contribution < -0.4 is 0 Å². The highest BCUT2D eigenvalue weighted by molar-refractivity contribution is 6.16. The number of benzene rings is 1. The summed E-state index contributed by atoms with van der Waals surface area (Å²) in [5.74, 6) is -0.899. The number of aliphatic imine (C=N–C) groups is 1. The van der Waals surface area contributed by atoms with Gasteiger partial charge in [0.15, 0.2) is 0 Å². The molecule has 0 fully saturated rings. The summed E-state index contributed by atoms with van der Waals surface area (Å²) in [6.07, 6.45) is 6.46. The minimum atomic E-state index is -0.671. The van der Waals surface area contributed by atoms with Crippen LogP contribution in [0.15, 0.2) is 64.7 Å². The van der Waals surface area contributed by atoms with Crippen molar-refractivity contribution in [3.05, 3.63) is 71.1 Å². The predicted octanol–water partition coefficient (Wildman–Crippen LogP) is 2.53. The molecular weight excluding hydrogens is 351 g/mol. The Morgan fingerprint density at radius 3 is 2.85 bits per heavy atom. The first-order chi connectivity index (χ1) is 13.1. The first kappa shape index (κ1) is 18.6. The van der Waals surface area contributed by atoms with Crippen molar-refractivity contribution in [1.82, 2.24) is 4.90 Å². The Balaban J connectivity index is 1.91. The van der Waals surface area contributed by atoms with Crippen LogP contribution in [-0.2, 0) is 25.5 Å². The maximum atomic E-state index is 13.1. The van der Waals surface area contributed by atoms with E-state index in [2.05, 4.69) is 4.99 Å². The van der Waals surface area contributed by atoms with Crippen molar-refractivity contribution in [2.24, 2.45) is 4.99 Å². The van der Waals surface area contributed by atoms with E-state index < -0.39 is 11.9 Å². The number of fused-ring (bicyclic) bond motifs is 2. The van der Waals surface area contributed by atoms with Gasteiger partial charge < -0.3 is 14.4 Å². The number of carbonyl (C=O) groups excluding carboxylic acids is 2. The molecule has 0 unspecified atom stereocenters. The molecule has 3 rings (SSSR count). The van der Waals surface area contributed by atoms with Gasteiger partial charge in [0.1, 0.15) is 23.4 Å². The lowest BCUT2D eigenvalue weighted by Crippen LogP contribution is -2.35. The van der Waals surface area contributed by atoms with Gasteiger partial charge in [0.2, 0.25) is 0 Å². The molecule has 0 radical (unpaired) electrons. The fraction of sp³-hybridized carbons (Fsp3) is 0.250. The molecule has 1 aromatic carbocycles. The van der Waals surface area contributed by atoms with Crippen LogP contribution in [0.25, 0.3) is 0 Å². The summed E-state index contributed by atoms with van der Waals surface area (Å²) < 4.78 is 23.7. The van der Waals surface area contributed by atoms with Crippen LogP contribution in [0, 0.1) is 5.82 Å². The minimum absolute atomic E-state index is 0.0538. The summed E-state index contributed by atoms with van der Waals surface area (Å²) in [4.78, 5) is 30.5. The summed E-state index contributed by atoms with van der Waals surface area (Å²) in [6.45, 7) is 2.17. The number of hydrogen-bond donors (Lipinski definition) is 0. The van der Waals surface area contributed by atoms with Crippen LogP contribution in [0.2, 0.25) is 0 Å². The number of carbonyl (C=O) groups is 2. The van der Waals surface area contributed by atoms with E-state index in [1.807, 2.05) is 0 Å². The highest BCUT2D eigenvalue weighted by atomic mass is 19.1. The highest BCUT2D eigenvalue weighted by Crippen LogP contribution is 2.20. The summed E-state index contributed by atoms with van der Waals surface area (Å²) in [5, 5.41) is 0. The Labute approximate surface area is 156 Å². The smallest absolute Gasteiger partial charge is 0.343 e. The zero-order chi connectivity index (χ0) is 19.2. The second-order valence-electron chi connectivity index (χ2n) is 5.92. The number of halogens is 1. The van der Waals surface area contributed by atoms with E-state index in [0.29, 0.717) is 12.2 Å². The number of hydrogen-bond acceptors (Lipinski definition) is 5. The molecule has 2 bridgehead atoms. The summed E-state index contributed by atoms with van der Waals surface area (Å²) in [7, 11) is 0. The van der Waals surface area contributed by atoms with Crippen molar-refractivity contribution in [1.29, 1.82) is 0 Å². The number of ether oxygens (including phenoxy) is 2. The van der Waals surface area contributed by atoms with Crippen molar-refractivity contribution < 1.29 is 23.5 Å². The summed E-state index contributed by atoms with van der Waals surface area (Å²) in [6, 6.07) is 6.17. The summed E-state index contributed by atoms with van der Waals surface area (Å²) in [5.41, 5.74) is 1.61. The first-order valence-corrected chi connectivity index (χ1v) is 8.56. The molecule has 0 saturated carbocycles.